The summed E-state index contributed by atoms with van der Waals surface area (Å²) in [5, 5.41) is 0.311. The molecule has 0 amide bonds. The van der Waals surface area contributed by atoms with Gasteiger partial charge in [-0.3, -0.25) is 0 Å². The number of benzene rings is 1. The number of hydrogen-bond acceptors (Lipinski definition) is 3. The summed E-state index contributed by atoms with van der Waals surface area (Å²) in [6.07, 6.45) is 1.29. The fourth-order valence-corrected chi connectivity index (χ4v) is 1.78. The van der Waals surface area contributed by atoms with Crippen LogP contribution >= 0.6 is 27.5 Å². The first kappa shape index (κ1) is 12.3. The first-order chi connectivity index (χ1) is 8.06. The lowest BCUT2D eigenvalue weighted by Crippen LogP contribution is -1.94. The van der Waals surface area contributed by atoms with Crippen molar-refractivity contribution in [2.45, 2.75) is 6.92 Å². The molecule has 88 valence electrons. The van der Waals surface area contributed by atoms with E-state index in [0.29, 0.717) is 26.8 Å². The minimum Gasteiger partial charge on any atom is -0.438 e. The molecule has 0 radical (unpaired) electrons. The maximum Gasteiger partial charge on any atom is 0.226 e. The van der Waals surface area contributed by atoms with E-state index in [1.807, 2.05) is 0 Å². The van der Waals surface area contributed by atoms with Crippen LogP contribution in [0, 0.1) is 12.7 Å². The van der Waals surface area contributed by atoms with Gasteiger partial charge in [-0.05, 0) is 19.1 Å². The van der Waals surface area contributed by atoms with Gasteiger partial charge in [-0.15, -0.1) is 0 Å². The lowest BCUT2D eigenvalue weighted by Gasteiger charge is -2.08. The van der Waals surface area contributed by atoms with Crippen LogP contribution in [0.3, 0.4) is 0 Å². The zero-order valence-electron chi connectivity index (χ0n) is 8.75. The van der Waals surface area contributed by atoms with Crippen molar-refractivity contribution in [3.63, 3.8) is 0 Å². The van der Waals surface area contributed by atoms with Gasteiger partial charge in [-0.2, -0.15) is 0 Å². The maximum atomic E-state index is 13.1. The van der Waals surface area contributed by atoms with Crippen LogP contribution < -0.4 is 4.74 Å². The first-order valence-corrected chi connectivity index (χ1v) is 5.84. The van der Waals surface area contributed by atoms with Crippen molar-refractivity contribution in [2.24, 2.45) is 0 Å². The van der Waals surface area contributed by atoms with Gasteiger partial charge in [0.25, 0.3) is 0 Å². The van der Waals surface area contributed by atoms with E-state index in [-0.39, 0.29) is 0 Å². The summed E-state index contributed by atoms with van der Waals surface area (Å²) in [5.41, 5.74) is 0.606. The monoisotopic (exact) mass is 316 g/mol. The maximum absolute atomic E-state index is 13.1. The highest BCUT2D eigenvalue weighted by Crippen LogP contribution is 2.28. The van der Waals surface area contributed by atoms with Gasteiger partial charge in [-0.1, -0.05) is 27.5 Å². The quantitative estimate of drug-likeness (QED) is 0.781. The van der Waals surface area contributed by atoms with Crippen molar-refractivity contribution >= 4 is 27.5 Å². The molecule has 2 rings (SSSR count). The van der Waals surface area contributed by atoms with Gasteiger partial charge in [0.15, 0.2) is 0 Å². The molecule has 0 spiro atoms. The van der Waals surface area contributed by atoms with Crippen molar-refractivity contribution in [1.29, 1.82) is 0 Å². The van der Waals surface area contributed by atoms with Gasteiger partial charge in [0.2, 0.25) is 5.88 Å². The van der Waals surface area contributed by atoms with Crippen LogP contribution in [0.25, 0.3) is 0 Å². The first-order valence-electron chi connectivity index (χ1n) is 4.67. The van der Waals surface area contributed by atoms with Crippen LogP contribution in [0.2, 0.25) is 5.15 Å². The fourth-order valence-electron chi connectivity index (χ4n) is 1.22. The molecule has 0 saturated carbocycles. The Hall–Kier alpha value is -1.20. The lowest BCUT2D eigenvalue weighted by molar-refractivity contribution is 0.452. The molecule has 0 atom stereocenters. The summed E-state index contributed by atoms with van der Waals surface area (Å²) >= 11 is 9.01. The third-order valence-corrected chi connectivity index (χ3v) is 2.87. The molecule has 0 N–H and O–H groups in total. The van der Waals surface area contributed by atoms with Gasteiger partial charge < -0.3 is 4.74 Å². The molecule has 3 nitrogen and oxygen atoms in total. The molecule has 17 heavy (non-hydrogen) atoms. The normalized spacial score (nSPS) is 10.4. The third kappa shape index (κ3) is 2.92. The molecule has 1 aromatic carbocycles. The molecule has 6 heteroatoms. The van der Waals surface area contributed by atoms with Crippen LogP contribution in [-0.4, -0.2) is 9.97 Å². The van der Waals surface area contributed by atoms with Gasteiger partial charge in [0.05, 0.1) is 0 Å². The van der Waals surface area contributed by atoms with Crippen LogP contribution in [0.4, 0.5) is 4.39 Å². The Balaban J connectivity index is 2.34. The molecule has 0 aliphatic heterocycles. The average molecular weight is 318 g/mol. The Morgan fingerprint density at radius 3 is 2.76 bits per heavy atom. The molecule has 1 heterocycles. The van der Waals surface area contributed by atoms with Crippen LogP contribution in [0.5, 0.6) is 11.6 Å². The zero-order valence-corrected chi connectivity index (χ0v) is 11.1. The molecule has 0 fully saturated rings. The van der Waals surface area contributed by atoms with E-state index in [1.54, 1.807) is 13.0 Å². The van der Waals surface area contributed by atoms with Gasteiger partial charge in [0, 0.05) is 16.1 Å². The number of nitrogens with zero attached hydrogens (tertiary/aromatic N) is 2. The predicted molar refractivity (Wildman–Crippen MR) is 66.0 cm³/mol. The highest BCUT2D eigenvalue weighted by atomic mass is 79.9. The summed E-state index contributed by atoms with van der Waals surface area (Å²) in [6, 6.07) is 4.24. The van der Waals surface area contributed by atoms with Crippen molar-refractivity contribution in [3.05, 3.63) is 45.5 Å². The molecule has 0 saturated heterocycles. The Labute approximate surface area is 111 Å². The van der Waals surface area contributed by atoms with E-state index >= 15 is 0 Å². The standard InChI is InChI=1S/C11H7BrClFN2O/c1-6-10(13)15-5-16-11(6)17-9-3-7(12)2-8(14)4-9/h2-5H,1H3. The van der Waals surface area contributed by atoms with E-state index in [1.165, 1.54) is 18.5 Å². The molecule has 0 unspecified atom stereocenters. The second kappa shape index (κ2) is 4.98. The van der Waals surface area contributed by atoms with Gasteiger partial charge in [-0.25, -0.2) is 14.4 Å². The van der Waals surface area contributed by atoms with Gasteiger partial charge >= 0.3 is 0 Å². The number of aromatic nitrogens is 2. The summed E-state index contributed by atoms with van der Waals surface area (Å²) in [6.45, 7) is 1.73. The average Bonchev–Trinajstić information content (AvgIpc) is 2.23. The van der Waals surface area contributed by atoms with E-state index < -0.39 is 5.82 Å². The minimum atomic E-state index is -0.396. The van der Waals surface area contributed by atoms with E-state index in [4.69, 9.17) is 16.3 Å². The number of rotatable bonds is 2. The molecule has 1 aromatic heterocycles. The Morgan fingerprint density at radius 1 is 1.29 bits per heavy atom. The lowest BCUT2D eigenvalue weighted by atomic mass is 10.3. The van der Waals surface area contributed by atoms with Crippen molar-refractivity contribution < 1.29 is 9.13 Å². The summed E-state index contributed by atoms with van der Waals surface area (Å²) < 4.78 is 19.2. The van der Waals surface area contributed by atoms with E-state index in [2.05, 4.69) is 25.9 Å². The molecular formula is C11H7BrClFN2O. The highest BCUT2D eigenvalue weighted by Gasteiger charge is 2.08. The van der Waals surface area contributed by atoms with Crippen molar-refractivity contribution in [3.8, 4) is 11.6 Å². The molecule has 2 aromatic rings. The molecule has 0 aliphatic rings. The Morgan fingerprint density at radius 2 is 2.06 bits per heavy atom. The Kier molecular flexibility index (Phi) is 3.59. The van der Waals surface area contributed by atoms with E-state index in [0.717, 1.165) is 0 Å². The number of hydrogen-bond donors (Lipinski definition) is 0. The topological polar surface area (TPSA) is 35.0 Å². The second-order valence-electron chi connectivity index (χ2n) is 3.30. The molecular weight excluding hydrogens is 310 g/mol. The summed E-state index contributed by atoms with van der Waals surface area (Å²) in [4.78, 5) is 7.75. The SMILES string of the molecule is Cc1c(Cl)ncnc1Oc1cc(F)cc(Br)c1. The second-order valence-corrected chi connectivity index (χ2v) is 4.58. The van der Waals surface area contributed by atoms with Crippen molar-refractivity contribution in [2.75, 3.05) is 0 Å². The molecule has 0 aliphatic carbocycles. The van der Waals surface area contributed by atoms with Crippen LogP contribution in [0.1, 0.15) is 5.56 Å². The number of ether oxygens (including phenoxy) is 1. The molecule has 0 bridgehead atoms. The summed E-state index contributed by atoms with van der Waals surface area (Å²) in [7, 11) is 0. The minimum absolute atomic E-state index is 0.308. The van der Waals surface area contributed by atoms with Crippen LogP contribution in [-0.2, 0) is 0 Å². The van der Waals surface area contributed by atoms with Crippen molar-refractivity contribution in [1.82, 2.24) is 9.97 Å². The zero-order chi connectivity index (χ0) is 12.4. The third-order valence-electron chi connectivity index (χ3n) is 2.03. The highest BCUT2D eigenvalue weighted by molar-refractivity contribution is 9.10. The fraction of sp³-hybridized carbons (Fsp3) is 0.0909. The predicted octanol–water partition coefficient (Wildman–Crippen LogP) is 4.13. The number of halogens is 3. The largest absolute Gasteiger partial charge is 0.438 e. The summed E-state index contributed by atoms with van der Waals surface area (Å²) in [5.74, 6) is 0.254. The smallest absolute Gasteiger partial charge is 0.226 e. The van der Waals surface area contributed by atoms with E-state index in [9.17, 15) is 4.39 Å². The van der Waals surface area contributed by atoms with Gasteiger partial charge in [0.1, 0.15) is 23.0 Å². The van der Waals surface area contributed by atoms with Crippen LogP contribution in [0.15, 0.2) is 29.0 Å². The Bertz CT molecular complexity index is 545.